The Hall–Kier alpha value is -2.31. The molecule has 4 atom stereocenters. The molecule has 154 valence electrons. The first kappa shape index (κ1) is 20.4. The molecule has 3 aliphatic rings. The smallest absolute Gasteiger partial charge is 0.330 e. The standard InChI is InChI=1S/C21H29NO6/c1-3-26-17(23)10-6-5-7-12-28-16-13-15-18(21(25)27-4-2)14-9-8-11-22(19(14)15)20(16)24/h6,10,13-15,18-19H,3-5,7-9,11-12H2,1-2H3/b10-6+/t14-,15+,18+,19?/m1/s1. The van der Waals surface area contributed by atoms with Crippen molar-refractivity contribution in [2.45, 2.75) is 45.6 Å². The number of hydrogen-bond donors (Lipinski definition) is 0. The summed E-state index contributed by atoms with van der Waals surface area (Å²) in [5, 5.41) is 0. The van der Waals surface area contributed by atoms with E-state index in [2.05, 4.69) is 0 Å². The Morgan fingerprint density at radius 2 is 2.04 bits per heavy atom. The second-order valence-electron chi connectivity index (χ2n) is 7.33. The summed E-state index contributed by atoms with van der Waals surface area (Å²) in [6.07, 6.45) is 8.19. The van der Waals surface area contributed by atoms with Crippen LogP contribution in [0.2, 0.25) is 0 Å². The zero-order valence-corrected chi connectivity index (χ0v) is 16.6. The number of carbonyl (C=O) groups excluding carboxylic acids is 3. The lowest BCUT2D eigenvalue weighted by atomic mass is 9.56. The highest BCUT2D eigenvalue weighted by molar-refractivity contribution is 5.94. The molecule has 28 heavy (non-hydrogen) atoms. The number of ether oxygens (including phenoxy) is 3. The third-order valence-corrected chi connectivity index (χ3v) is 5.69. The lowest BCUT2D eigenvalue weighted by molar-refractivity contribution is -0.176. The van der Waals surface area contributed by atoms with E-state index in [4.69, 9.17) is 14.2 Å². The van der Waals surface area contributed by atoms with Crippen molar-refractivity contribution in [3.8, 4) is 0 Å². The Morgan fingerprint density at radius 3 is 2.79 bits per heavy atom. The summed E-state index contributed by atoms with van der Waals surface area (Å²) < 4.78 is 15.8. The zero-order chi connectivity index (χ0) is 20.1. The summed E-state index contributed by atoms with van der Waals surface area (Å²) >= 11 is 0. The molecular weight excluding hydrogens is 362 g/mol. The lowest BCUT2D eigenvalue weighted by Gasteiger charge is -2.58. The summed E-state index contributed by atoms with van der Waals surface area (Å²) in [5.74, 6) is -0.236. The highest BCUT2D eigenvalue weighted by Crippen LogP contribution is 2.52. The van der Waals surface area contributed by atoms with Crippen molar-refractivity contribution in [2.75, 3.05) is 26.4 Å². The van der Waals surface area contributed by atoms with Gasteiger partial charge in [0.25, 0.3) is 5.91 Å². The van der Waals surface area contributed by atoms with Crippen LogP contribution in [0.25, 0.3) is 0 Å². The van der Waals surface area contributed by atoms with Crippen molar-refractivity contribution in [1.29, 1.82) is 0 Å². The zero-order valence-electron chi connectivity index (χ0n) is 16.6. The number of carbonyl (C=O) groups is 3. The summed E-state index contributed by atoms with van der Waals surface area (Å²) in [6.45, 7) is 5.40. The SMILES string of the molecule is CCOC(=O)/C=C/CCCOC1=C[C@@H]2C3[C@H](CCCN3C1=O)[C@@H]2C(=O)OCC. The molecule has 2 fully saturated rings. The minimum absolute atomic E-state index is 0.0132. The van der Waals surface area contributed by atoms with Gasteiger partial charge >= 0.3 is 11.9 Å². The summed E-state index contributed by atoms with van der Waals surface area (Å²) in [7, 11) is 0. The van der Waals surface area contributed by atoms with Gasteiger partial charge in [0.05, 0.1) is 25.7 Å². The average Bonchev–Trinajstić information content (AvgIpc) is 2.66. The van der Waals surface area contributed by atoms with Crippen LogP contribution >= 0.6 is 0 Å². The Bertz CT molecular complexity index is 670. The molecular formula is C21H29NO6. The van der Waals surface area contributed by atoms with Gasteiger partial charge in [-0.05, 0) is 51.5 Å². The van der Waals surface area contributed by atoms with Crippen molar-refractivity contribution < 1.29 is 28.6 Å². The van der Waals surface area contributed by atoms with Crippen LogP contribution in [0.15, 0.2) is 24.0 Å². The van der Waals surface area contributed by atoms with Crippen LogP contribution in [0, 0.1) is 17.8 Å². The number of allylic oxidation sites excluding steroid dienone is 1. The fourth-order valence-electron chi connectivity index (χ4n) is 4.55. The third-order valence-electron chi connectivity index (χ3n) is 5.69. The average molecular weight is 391 g/mol. The quantitative estimate of drug-likeness (QED) is 0.341. The van der Waals surface area contributed by atoms with Crippen LogP contribution in [-0.4, -0.2) is 55.2 Å². The van der Waals surface area contributed by atoms with E-state index in [1.165, 1.54) is 6.08 Å². The Morgan fingerprint density at radius 1 is 1.25 bits per heavy atom. The molecule has 1 saturated carbocycles. The molecule has 0 aromatic carbocycles. The molecule has 0 bridgehead atoms. The van der Waals surface area contributed by atoms with Crippen molar-refractivity contribution in [2.24, 2.45) is 17.8 Å². The van der Waals surface area contributed by atoms with E-state index in [9.17, 15) is 14.4 Å². The van der Waals surface area contributed by atoms with E-state index in [1.54, 1.807) is 13.0 Å². The molecule has 0 radical (unpaired) electrons. The fourth-order valence-corrected chi connectivity index (χ4v) is 4.55. The fraction of sp³-hybridized carbons (Fsp3) is 0.667. The van der Waals surface area contributed by atoms with Crippen molar-refractivity contribution in [3.05, 3.63) is 24.0 Å². The molecule has 3 rings (SSSR count). The first-order valence-electron chi connectivity index (χ1n) is 10.2. The summed E-state index contributed by atoms with van der Waals surface area (Å²) in [5.41, 5.74) is 0. The van der Waals surface area contributed by atoms with Crippen LogP contribution in [0.1, 0.15) is 39.5 Å². The highest BCUT2D eigenvalue weighted by atomic mass is 16.5. The van der Waals surface area contributed by atoms with Crippen LogP contribution in [0.5, 0.6) is 0 Å². The van der Waals surface area contributed by atoms with Gasteiger partial charge in [-0.25, -0.2) is 4.79 Å². The second-order valence-corrected chi connectivity index (χ2v) is 7.33. The molecule has 7 heteroatoms. The Kier molecular flexibility index (Phi) is 6.75. The number of piperidine rings is 1. The monoisotopic (exact) mass is 391 g/mol. The molecule has 1 saturated heterocycles. The van der Waals surface area contributed by atoms with E-state index >= 15 is 0 Å². The maximum absolute atomic E-state index is 12.8. The van der Waals surface area contributed by atoms with Crippen LogP contribution in [0.4, 0.5) is 0 Å². The van der Waals surface area contributed by atoms with Gasteiger partial charge in [0.15, 0.2) is 5.76 Å². The number of esters is 2. The summed E-state index contributed by atoms with van der Waals surface area (Å²) in [6, 6.07) is 0.107. The second kappa shape index (κ2) is 9.26. The molecule has 7 nitrogen and oxygen atoms in total. The largest absolute Gasteiger partial charge is 0.488 e. The number of rotatable bonds is 9. The molecule has 1 unspecified atom stereocenters. The van der Waals surface area contributed by atoms with Crippen LogP contribution < -0.4 is 0 Å². The van der Waals surface area contributed by atoms with Gasteiger partial charge < -0.3 is 19.1 Å². The van der Waals surface area contributed by atoms with Crippen molar-refractivity contribution >= 4 is 17.8 Å². The molecule has 2 aliphatic heterocycles. The van der Waals surface area contributed by atoms with E-state index in [-0.39, 0.29) is 41.6 Å². The Balaban J connectivity index is 1.56. The number of amides is 1. The van der Waals surface area contributed by atoms with Gasteiger partial charge in [-0.3, -0.25) is 9.59 Å². The number of nitrogens with zero attached hydrogens (tertiary/aromatic N) is 1. The minimum Gasteiger partial charge on any atom is -0.488 e. The lowest BCUT2D eigenvalue weighted by Crippen LogP contribution is -2.67. The van der Waals surface area contributed by atoms with Gasteiger partial charge in [0.1, 0.15) is 0 Å². The molecule has 0 aromatic rings. The van der Waals surface area contributed by atoms with E-state index < -0.39 is 0 Å². The predicted octanol–water partition coefficient (Wildman–Crippen LogP) is 2.22. The molecule has 1 aliphatic carbocycles. The summed E-state index contributed by atoms with van der Waals surface area (Å²) in [4.78, 5) is 38.2. The normalized spacial score (nSPS) is 28.3. The first-order chi connectivity index (χ1) is 13.6. The van der Waals surface area contributed by atoms with Crippen LogP contribution in [0.3, 0.4) is 0 Å². The van der Waals surface area contributed by atoms with Gasteiger partial charge in [0, 0.05) is 24.6 Å². The maximum atomic E-state index is 12.8. The van der Waals surface area contributed by atoms with Crippen molar-refractivity contribution in [3.63, 3.8) is 0 Å². The minimum atomic E-state index is -0.353. The first-order valence-corrected chi connectivity index (χ1v) is 10.2. The molecule has 0 aromatic heterocycles. The number of hydrogen-bond acceptors (Lipinski definition) is 6. The van der Waals surface area contributed by atoms with E-state index in [0.717, 1.165) is 19.4 Å². The van der Waals surface area contributed by atoms with Crippen LogP contribution in [-0.2, 0) is 28.6 Å². The predicted molar refractivity (Wildman–Crippen MR) is 101 cm³/mol. The van der Waals surface area contributed by atoms with Gasteiger partial charge in [-0.1, -0.05) is 6.08 Å². The maximum Gasteiger partial charge on any atom is 0.330 e. The highest BCUT2D eigenvalue weighted by Gasteiger charge is 2.60. The molecule has 1 amide bonds. The third kappa shape index (κ3) is 4.08. The number of unbranched alkanes of at least 4 members (excludes halogenated alkanes) is 1. The topological polar surface area (TPSA) is 82.1 Å². The molecule has 0 N–H and O–H groups in total. The van der Waals surface area contributed by atoms with E-state index in [0.29, 0.717) is 38.4 Å². The van der Waals surface area contributed by atoms with E-state index in [1.807, 2.05) is 17.9 Å². The van der Waals surface area contributed by atoms with Gasteiger partial charge in [0.2, 0.25) is 0 Å². The molecule has 2 heterocycles. The Labute approximate surface area is 165 Å². The van der Waals surface area contributed by atoms with Crippen molar-refractivity contribution in [1.82, 2.24) is 4.90 Å². The molecule has 0 spiro atoms. The van der Waals surface area contributed by atoms with Gasteiger partial charge in [-0.15, -0.1) is 0 Å². The van der Waals surface area contributed by atoms with Gasteiger partial charge in [-0.2, -0.15) is 0 Å².